The van der Waals surface area contributed by atoms with E-state index in [0.29, 0.717) is 12.1 Å². The number of ether oxygens (including phenoxy) is 1. The van der Waals surface area contributed by atoms with Gasteiger partial charge in [0.1, 0.15) is 11.6 Å². The van der Waals surface area contributed by atoms with Gasteiger partial charge in [0.05, 0.1) is 11.3 Å². The highest BCUT2D eigenvalue weighted by molar-refractivity contribution is 6.30. The molecule has 1 aromatic heterocycles. The highest BCUT2D eigenvalue weighted by Gasteiger charge is 2.12. The Morgan fingerprint density at radius 2 is 2.12 bits per heavy atom. The van der Waals surface area contributed by atoms with E-state index in [1.807, 2.05) is 0 Å². The molecule has 1 heterocycles. The number of hydrogen-bond donors (Lipinski definition) is 2. The van der Waals surface area contributed by atoms with Crippen molar-refractivity contribution in [2.24, 2.45) is 0 Å². The molecule has 0 unspecified atom stereocenters. The summed E-state index contributed by atoms with van der Waals surface area (Å²) in [6, 6.07) is 5.59. The van der Waals surface area contributed by atoms with Crippen LogP contribution in [0.2, 0.25) is 5.02 Å². The van der Waals surface area contributed by atoms with Crippen molar-refractivity contribution in [3.8, 4) is 5.75 Å². The summed E-state index contributed by atoms with van der Waals surface area (Å²) in [4.78, 5) is 23.6. The first-order valence-electron chi connectivity index (χ1n) is 7.74. The number of halogens is 2. The zero-order valence-corrected chi connectivity index (χ0v) is 14.9. The zero-order chi connectivity index (χ0) is 19.1. The van der Waals surface area contributed by atoms with Crippen molar-refractivity contribution >= 4 is 23.4 Å². The van der Waals surface area contributed by atoms with E-state index < -0.39 is 11.7 Å². The third-order valence-electron chi connectivity index (χ3n) is 3.36. The number of furan rings is 1. The molecule has 0 spiro atoms. The molecule has 1 aromatic carbocycles. The SMILES string of the molecule is C=C(CCNC(=O)c1occc1C)NC(=O)COc1ccc(Cl)c(F)c1. The highest BCUT2D eigenvalue weighted by atomic mass is 35.5. The lowest BCUT2D eigenvalue weighted by Gasteiger charge is -2.10. The maximum absolute atomic E-state index is 13.3. The van der Waals surface area contributed by atoms with E-state index in [1.165, 1.54) is 18.4 Å². The Hall–Kier alpha value is -2.80. The summed E-state index contributed by atoms with van der Waals surface area (Å²) in [5.74, 6) is -0.966. The Morgan fingerprint density at radius 3 is 2.77 bits per heavy atom. The van der Waals surface area contributed by atoms with E-state index in [2.05, 4.69) is 17.2 Å². The summed E-state index contributed by atoms with van der Waals surface area (Å²) in [6.45, 7) is 5.45. The molecule has 138 valence electrons. The average molecular weight is 381 g/mol. The molecular weight excluding hydrogens is 363 g/mol. The number of benzene rings is 1. The standard InChI is InChI=1S/C18H18ClFN2O4/c1-11-6-8-25-17(11)18(24)21-7-5-12(2)22-16(23)10-26-13-3-4-14(19)15(20)9-13/h3-4,6,8-9H,2,5,7,10H2,1H3,(H,21,24)(H,22,23). The van der Waals surface area contributed by atoms with Crippen LogP contribution in [0.5, 0.6) is 5.75 Å². The molecule has 8 heteroatoms. The molecule has 0 fully saturated rings. The van der Waals surface area contributed by atoms with Gasteiger partial charge in [0.15, 0.2) is 12.4 Å². The Morgan fingerprint density at radius 1 is 1.35 bits per heavy atom. The van der Waals surface area contributed by atoms with Gasteiger partial charge < -0.3 is 19.8 Å². The maximum atomic E-state index is 13.3. The van der Waals surface area contributed by atoms with Crippen molar-refractivity contribution in [1.29, 1.82) is 0 Å². The lowest BCUT2D eigenvalue weighted by molar-refractivity contribution is -0.122. The molecule has 0 aliphatic rings. The number of amides is 2. The fourth-order valence-electron chi connectivity index (χ4n) is 2.02. The molecule has 6 nitrogen and oxygen atoms in total. The average Bonchev–Trinajstić information content (AvgIpc) is 3.02. The van der Waals surface area contributed by atoms with Crippen molar-refractivity contribution in [3.05, 3.63) is 65.0 Å². The molecular formula is C18H18ClFN2O4. The van der Waals surface area contributed by atoms with Crippen LogP contribution in [0.1, 0.15) is 22.5 Å². The minimum atomic E-state index is -0.628. The zero-order valence-electron chi connectivity index (χ0n) is 14.1. The Labute approximate surface area is 155 Å². The van der Waals surface area contributed by atoms with Crippen LogP contribution in [0.3, 0.4) is 0 Å². The van der Waals surface area contributed by atoms with Gasteiger partial charge in [-0.2, -0.15) is 0 Å². The van der Waals surface area contributed by atoms with Crippen LogP contribution >= 0.6 is 11.6 Å². The topological polar surface area (TPSA) is 80.6 Å². The quantitative estimate of drug-likeness (QED) is 0.737. The summed E-state index contributed by atoms with van der Waals surface area (Å²) in [6.07, 6.45) is 1.78. The van der Waals surface area contributed by atoms with Gasteiger partial charge in [-0.15, -0.1) is 0 Å². The van der Waals surface area contributed by atoms with Gasteiger partial charge in [0, 0.05) is 30.3 Å². The highest BCUT2D eigenvalue weighted by Crippen LogP contribution is 2.20. The monoisotopic (exact) mass is 380 g/mol. The molecule has 0 radical (unpaired) electrons. The molecule has 0 saturated carbocycles. The van der Waals surface area contributed by atoms with E-state index in [4.69, 9.17) is 20.8 Å². The van der Waals surface area contributed by atoms with Crippen molar-refractivity contribution < 1.29 is 23.1 Å². The van der Waals surface area contributed by atoms with Gasteiger partial charge in [-0.1, -0.05) is 18.2 Å². The molecule has 0 atom stereocenters. The van der Waals surface area contributed by atoms with Crippen LogP contribution < -0.4 is 15.4 Å². The predicted octanol–water partition coefficient (Wildman–Crippen LogP) is 3.21. The van der Waals surface area contributed by atoms with Crippen LogP contribution in [0.15, 0.2) is 47.2 Å². The number of carbonyl (C=O) groups excluding carboxylic acids is 2. The third kappa shape index (κ3) is 5.63. The normalized spacial score (nSPS) is 10.3. The first kappa shape index (κ1) is 19.5. The molecule has 0 aliphatic carbocycles. The van der Waals surface area contributed by atoms with Crippen LogP contribution in [0.25, 0.3) is 0 Å². The van der Waals surface area contributed by atoms with Gasteiger partial charge in [-0.3, -0.25) is 9.59 Å². The number of aryl methyl sites for hydroxylation is 1. The van der Waals surface area contributed by atoms with Crippen molar-refractivity contribution in [2.45, 2.75) is 13.3 Å². The molecule has 0 saturated heterocycles. The first-order chi connectivity index (χ1) is 12.4. The maximum Gasteiger partial charge on any atom is 0.287 e. The lowest BCUT2D eigenvalue weighted by Crippen LogP contribution is -2.31. The minimum Gasteiger partial charge on any atom is -0.484 e. The molecule has 2 aromatic rings. The van der Waals surface area contributed by atoms with Crippen molar-refractivity contribution in [3.63, 3.8) is 0 Å². The second kappa shape index (κ2) is 9.05. The number of rotatable bonds is 8. The minimum absolute atomic E-state index is 0.0260. The van der Waals surface area contributed by atoms with Crippen LogP contribution in [-0.2, 0) is 4.79 Å². The molecule has 26 heavy (non-hydrogen) atoms. The van der Waals surface area contributed by atoms with Gasteiger partial charge in [0.25, 0.3) is 11.8 Å². The summed E-state index contributed by atoms with van der Waals surface area (Å²) in [5, 5.41) is 5.19. The van der Waals surface area contributed by atoms with Gasteiger partial charge >= 0.3 is 0 Å². The Balaban J connectivity index is 1.68. The van der Waals surface area contributed by atoms with Gasteiger partial charge in [-0.25, -0.2) is 4.39 Å². The summed E-state index contributed by atoms with van der Waals surface area (Å²) < 4.78 is 23.5. The second-order valence-corrected chi connectivity index (χ2v) is 5.86. The fraction of sp³-hybridized carbons (Fsp3) is 0.222. The van der Waals surface area contributed by atoms with Crippen LogP contribution in [0.4, 0.5) is 4.39 Å². The van der Waals surface area contributed by atoms with E-state index in [-0.39, 0.29) is 35.6 Å². The van der Waals surface area contributed by atoms with E-state index in [0.717, 1.165) is 11.6 Å². The Kier molecular flexibility index (Phi) is 6.80. The second-order valence-electron chi connectivity index (χ2n) is 5.45. The van der Waals surface area contributed by atoms with Crippen molar-refractivity contribution in [2.75, 3.05) is 13.2 Å². The predicted molar refractivity (Wildman–Crippen MR) is 94.6 cm³/mol. The van der Waals surface area contributed by atoms with Crippen LogP contribution in [0, 0.1) is 12.7 Å². The number of hydrogen-bond acceptors (Lipinski definition) is 4. The van der Waals surface area contributed by atoms with Crippen LogP contribution in [-0.4, -0.2) is 25.0 Å². The lowest BCUT2D eigenvalue weighted by atomic mass is 10.2. The first-order valence-corrected chi connectivity index (χ1v) is 8.12. The smallest absolute Gasteiger partial charge is 0.287 e. The number of carbonyl (C=O) groups is 2. The Bertz CT molecular complexity index is 819. The molecule has 2 N–H and O–H groups in total. The summed E-state index contributed by atoms with van der Waals surface area (Å²) in [5.41, 5.74) is 1.16. The largest absolute Gasteiger partial charge is 0.484 e. The molecule has 0 bridgehead atoms. The third-order valence-corrected chi connectivity index (χ3v) is 3.66. The summed E-state index contributed by atoms with van der Waals surface area (Å²) in [7, 11) is 0. The summed E-state index contributed by atoms with van der Waals surface area (Å²) >= 11 is 5.57. The van der Waals surface area contributed by atoms with E-state index in [9.17, 15) is 14.0 Å². The molecule has 0 aliphatic heterocycles. The van der Waals surface area contributed by atoms with E-state index >= 15 is 0 Å². The van der Waals surface area contributed by atoms with Gasteiger partial charge in [-0.05, 0) is 25.1 Å². The van der Waals surface area contributed by atoms with Gasteiger partial charge in [0.2, 0.25) is 0 Å². The van der Waals surface area contributed by atoms with E-state index in [1.54, 1.807) is 13.0 Å². The molecule has 2 rings (SSSR count). The fourth-order valence-corrected chi connectivity index (χ4v) is 2.14. The molecule has 2 amide bonds. The van der Waals surface area contributed by atoms with Crippen molar-refractivity contribution in [1.82, 2.24) is 10.6 Å². The number of nitrogens with one attached hydrogen (secondary N) is 2.